The summed E-state index contributed by atoms with van der Waals surface area (Å²) in [5, 5.41) is 0. The molecule has 0 saturated heterocycles. The summed E-state index contributed by atoms with van der Waals surface area (Å²) >= 11 is 0. The maximum atomic E-state index is 12.9. The molecule has 2 nitrogen and oxygen atoms in total. The Bertz CT molecular complexity index is 806. The van der Waals surface area contributed by atoms with Crippen molar-refractivity contribution >= 4 is 6.29 Å². The molecule has 0 N–H and O–H groups in total. The van der Waals surface area contributed by atoms with Crippen LogP contribution in [-0.4, -0.2) is 12.9 Å². The molecule has 150 valence electrons. The van der Waals surface area contributed by atoms with Crippen molar-refractivity contribution in [2.45, 2.75) is 45.2 Å². The number of ether oxygens (including phenoxy) is 1. The zero-order valence-electron chi connectivity index (χ0n) is 16.1. The van der Waals surface area contributed by atoms with Crippen molar-refractivity contribution < 1.29 is 22.7 Å². The van der Waals surface area contributed by atoms with Crippen LogP contribution in [0.5, 0.6) is 5.75 Å². The molecular formula is C23H25F3O2. The maximum Gasteiger partial charge on any atom is 0.416 e. The summed E-state index contributed by atoms with van der Waals surface area (Å²) in [5.74, 6) is 1.31. The number of alkyl halides is 3. The highest BCUT2D eigenvalue weighted by Crippen LogP contribution is 2.38. The van der Waals surface area contributed by atoms with Gasteiger partial charge in [0.05, 0.1) is 12.2 Å². The Morgan fingerprint density at radius 3 is 2.32 bits per heavy atom. The molecule has 1 saturated carbocycles. The largest absolute Gasteiger partial charge is 0.493 e. The third-order valence-electron chi connectivity index (χ3n) is 5.02. The molecule has 1 fully saturated rings. The molecule has 1 atom stereocenters. The van der Waals surface area contributed by atoms with Gasteiger partial charge in [-0.2, -0.15) is 13.2 Å². The number of rotatable bonds is 8. The Hall–Kier alpha value is -2.30. The van der Waals surface area contributed by atoms with E-state index in [1.165, 1.54) is 12.1 Å². The van der Waals surface area contributed by atoms with Crippen LogP contribution in [0, 0.1) is 11.8 Å². The Morgan fingerprint density at radius 1 is 1.11 bits per heavy atom. The smallest absolute Gasteiger partial charge is 0.416 e. The molecule has 0 heterocycles. The van der Waals surface area contributed by atoms with Crippen molar-refractivity contribution in [3.05, 3.63) is 53.6 Å². The second kappa shape index (κ2) is 8.38. The Kier molecular flexibility index (Phi) is 6.11. The predicted octanol–water partition coefficient (Wildman–Crippen LogP) is 6.49. The van der Waals surface area contributed by atoms with Gasteiger partial charge in [-0.15, -0.1) is 0 Å². The van der Waals surface area contributed by atoms with Gasteiger partial charge in [-0.1, -0.05) is 32.0 Å². The highest BCUT2D eigenvalue weighted by molar-refractivity contribution is 5.73. The van der Waals surface area contributed by atoms with Crippen LogP contribution in [-0.2, 0) is 11.0 Å². The fraction of sp³-hybridized carbons (Fsp3) is 0.435. The summed E-state index contributed by atoms with van der Waals surface area (Å²) in [6.07, 6.45) is -0.412. The molecule has 2 aromatic carbocycles. The summed E-state index contributed by atoms with van der Waals surface area (Å²) in [5.41, 5.74) is 1.55. The summed E-state index contributed by atoms with van der Waals surface area (Å²) < 4.78 is 44.6. The Morgan fingerprint density at radius 2 is 1.79 bits per heavy atom. The minimum absolute atomic E-state index is 0.245. The van der Waals surface area contributed by atoms with E-state index in [1.807, 2.05) is 18.2 Å². The zero-order valence-corrected chi connectivity index (χ0v) is 16.1. The van der Waals surface area contributed by atoms with Crippen LogP contribution in [0.25, 0.3) is 11.1 Å². The van der Waals surface area contributed by atoms with Crippen LogP contribution >= 0.6 is 0 Å². The molecule has 5 heteroatoms. The number of benzene rings is 2. The van der Waals surface area contributed by atoms with Crippen LogP contribution in [0.4, 0.5) is 13.2 Å². The summed E-state index contributed by atoms with van der Waals surface area (Å²) in [7, 11) is 0. The highest BCUT2D eigenvalue weighted by Gasteiger charge is 2.30. The van der Waals surface area contributed by atoms with Gasteiger partial charge in [-0.3, -0.25) is 0 Å². The van der Waals surface area contributed by atoms with E-state index in [4.69, 9.17) is 4.74 Å². The number of carbonyl (C=O) groups excluding carboxylic acids is 1. The lowest BCUT2D eigenvalue weighted by molar-refractivity contribution is -0.137. The first-order valence-electron chi connectivity index (χ1n) is 9.67. The number of carbonyl (C=O) groups is 1. The predicted molar refractivity (Wildman–Crippen MR) is 103 cm³/mol. The van der Waals surface area contributed by atoms with Crippen molar-refractivity contribution in [2.24, 2.45) is 11.8 Å². The third kappa shape index (κ3) is 5.15. The van der Waals surface area contributed by atoms with E-state index >= 15 is 0 Å². The van der Waals surface area contributed by atoms with E-state index in [2.05, 4.69) is 13.8 Å². The highest BCUT2D eigenvalue weighted by atomic mass is 19.4. The molecule has 1 aliphatic rings. The molecular weight excluding hydrogens is 365 g/mol. The van der Waals surface area contributed by atoms with Gasteiger partial charge < -0.3 is 9.53 Å². The topological polar surface area (TPSA) is 26.3 Å². The van der Waals surface area contributed by atoms with Crippen LogP contribution < -0.4 is 4.74 Å². The van der Waals surface area contributed by atoms with Crippen molar-refractivity contribution in [1.82, 2.24) is 0 Å². The molecule has 28 heavy (non-hydrogen) atoms. The molecule has 0 aromatic heterocycles. The van der Waals surface area contributed by atoms with E-state index < -0.39 is 11.7 Å². The fourth-order valence-corrected chi connectivity index (χ4v) is 3.24. The van der Waals surface area contributed by atoms with E-state index in [1.54, 1.807) is 0 Å². The summed E-state index contributed by atoms with van der Waals surface area (Å²) in [6.45, 7) is 4.72. The van der Waals surface area contributed by atoms with Crippen molar-refractivity contribution in [1.29, 1.82) is 0 Å². The van der Waals surface area contributed by atoms with Gasteiger partial charge in [0.2, 0.25) is 0 Å². The lowest BCUT2D eigenvalue weighted by atomic mass is 9.89. The third-order valence-corrected chi connectivity index (χ3v) is 5.02. The standard InChI is InChI=1S/C23H25F3O2/c1-15(2)11-19(13-27)18-7-10-22(28-14-16-3-4-16)21(12-18)17-5-8-20(9-6-17)23(24,25)26/h5-10,12-13,15-16,19H,3-4,11,14H2,1-2H3. The molecule has 0 spiro atoms. The Labute approximate surface area is 163 Å². The maximum absolute atomic E-state index is 12.9. The molecule has 0 radical (unpaired) electrons. The normalized spacial score (nSPS) is 15.5. The quantitative estimate of drug-likeness (QED) is 0.482. The first-order chi connectivity index (χ1) is 13.3. The number of aldehydes is 1. The Balaban J connectivity index is 1.96. The molecule has 1 aliphatic carbocycles. The lowest BCUT2D eigenvalue weighted by Gasteiger charge is -2.18. The van der Waals surface area contributed by atoms with Gasteiger partial charge in [0.25, 0.3) is 0 Å². The van der Waals surface area contributed by atoms with E-state index in [-0.39, 0.29) is 5.92 Å². The van der Waals surface area contributed by atoms with Gasteiger partial charge in [0.1, 0.15) is 12.0 Å². The monoisotopic (exact) mass is 390 g/mol. The first-order valence-corrected chi connectivity index (χ1v) is 9.67. The van der Waals surface area contributed by atoms with Crippen LogP contribution in [0.15, 0.2) is 42.5 Å². The van der Waals surface area contributed by atoms with Gasteiger partial charge in [0.15, 0.2) is 0 Å². The minimum Gasteiger partial charge on any atom is -0.493 e. The van der Waals surface area contributed by atoms with Gasteiger partial charge >= 0.3 is 6.18 Å². The van der Waals surface area contributed by atoms with Crippen LogP contribution in [0.2, 0.25) is 0 Å². The second-order valence-electron chi connectivity index (χ2n) is 7.96. The van der Waals surface area contributed by atoms with Gasteiger partial charge in [-0.25, -0.2) is 0 Å². The number of halogens is 3. The van der Waals surface area contributed by atoms with Gasteiger partial charge in [-0.05, 0) is 66.5 Å². The molecule has 0 amide bonds. The molecule has 0 aliphatic heterocycles. The first kappa shape index (κ1) is 20.4. The number of hydrogen-bond acceptors (Lipinski definition) is 2. The van der Waals surface area contributed by atoms with Crippen molar-refractivity contribution in [3.63, 3.8) is 0 Å². The average molecular weight is 390 g/mol. The molecule has 3 rings (SSSR count). The zero-order chi connectivity index (χ0) is 20.3. The van der Waals surface area contributed by atoms with Crippen molar-refractivity contribution in [3.8, 4) is 16.9 Å². The lowest BCUT2D eigenvalue weighted by Crippen LogP contribution is -2.06. The molecule has 2 aromatic rings. The SMILES string of the molecule is CC(C)CC(C=O)c1ccc(OCC2CC2)c(-c2ccc(C(F)(F)F)cc2)c1. The second-order valence-corrected chi connectivity index (χ2v) is 7.96. The van der Waals surface area contributed by atoms with Crippen LogP contribution in [0.1, 0.15) is 50.2 Å². The van der Waals surface area contributed by atoms with E-state index in [0.29, 0.717) is 29.8 Å². The fourth-order valence-electron chi connectivity index (χ4n) is 3.24. The average Bonchev–Trinajstić information content (AvgIpc) is 3.48. The van der Waals surface area contributed by atoms with Gasteiger partial charge in [0, 0.05) is 11.5 Å². The minimum atomic E-state index is -4.37. The summed E-state index contributed by atoms with van der Waals surface area (Å²) in [6, 6.07) is 10.7. The van der Waals surface area contributed by atoms with Crippen molar-refractivity contribution in [2.75, 3.05) is 6.61 Å². The van der Waals surface area contributed by atoms with E-state index in [0.717, 1.165) is 48.8 Å². The molecule has 1 unspecified atom stereocenters. The van der Waals surface area contributed by atoms with Crippen LogP contribution in [0.3, 0.4) is 0 Å². The number of hydrogen-bond donors (Lipinski definition) is 0. The van der Waals surface area contributed by atoms with E-state index in [9.17, 15) is 18.0 Å². The summed E-state index contributed by atoms with van der Waals surface area (Å²) in [4.78, 5) is 11.6. The molecule has 0 bridgehead atoms.